The molecule has 0 aliphatic carbocycles. The first-order valence-corrected chi connectivity index (χ1v) is 4.44. The van der Waals surface area contributed by atoms with Gasteiger partial charge >= 0.3 is 0 Å². The van der Waals surface area contributed by atoms with Crippen LogP contribution in [0.2, 0.25) is 0 Å². The van der Waals surface area contributed by atoms with Gasteiger partial charge in [-0.25, -0.2) is 0 Å². The third kappa shape index (κ3) is 3.81. The predicted molar refractivity (Wildman–Crippen MR) is 55.0 cm³/mol. The maximum atomic E-state index is 10.7. The summed E-state index contributed by atoms with van der Waals surface area (Å²) in [6.07, 6.45) is 0.360. The van der Waals surface area contributed by atoms with Crippen LogP contribution in [-0.4, -0.2) is 10.8 Å². The van der Waals surface area contributed by atoms with Gasteiger partial charge in [-0.1, -0.05) is 33.0 Å². The SMILES string of the molecule is CC(=S)C(CC(N)=O)C(C)(C)C. The van der Waals surface area contributed by atoms with E-state index in [9.17, 15) is 4.79 Å². The number of thiocarbonyl (C=S) groups is 1. The highest BCUT2D eigenvalue weighted by Gasteiger charge is 2.27. The Balaban J connectivity index is 4.46. The first kappa shape index (κ1) is 11.6. The van der Waals surface area contributed by atoms with Gasteiger partial charge in [-0.15, -0.1) is 0 Å². The predicted octanol–water partition coefficient (Wildman–Crippen LogP) is 1.91. The summed E-state index contributed by atoms with van der Waals surface area (Å²) in [5.74, 6) is -0.163. The minimum absolute atomic E-state index is 0.0286. The highest BCUT2D eigenvalue weighted by Crippen LogP contribution is 2.29. The van der Waals surface area contributed by atoms with Gasteiger partial charge in [-0.2, -0.15) is 0 Å². The van der Waals surface area contributed by atoms with Crippen LogP contribution < -0.4 is 5.73 Å². The van der Waals surface area contributed by atoms with Crippen molar-refractivity contribution in [3.63, 3.8) is 0 Å². The molecule has 0 aliphatic heterocycles. The van der Waals surface area contributed by atoms with Gasteiger partial charge < -0.3 is 5.73 Å². The van der Waals surface area contributed by atoms with Gasteiger partial charge in [0.25, 0.3) is 0 Å². The zero-order valence-corrected chi connectivity index (χ0v) is 8.99. The normalized spacial score (nSPS) is 14.0. The quantitative estimate of drug-likeness (QED) is 0.686. The molecular weight excluding hydrogens is 170 g/mol. The molecule has 0 heterocycles. The summed E-state index contributed by atoms with van der Waals surface area (Å²) in [6.45, 7) is 8.07. The van der Waals surface area contributed by atoms with Crippen LogP contribution in [0.25, 0.3) is 0 Å². The zero-order chi connectivity index (χ0) is 9.94. The molecular formula is C9H17NOS. The summed E-state index contributed by atoms with van der Waals surface area (Å²) in [5, 5.41) is 0. The van der Waals surface area contributed by atoms with Crippen molar-refractivity contribution in [1.29, 1.82) is 0 Å². The molecule has 0 aliphatic rings. The van der Waals surface area contributed by atoms with Crippen LogP contribution in [-0.2, 0) is 4.79 Å². The lowest BCUT2D eigenvalue weighted by Gasteiger charge is -2.29. The standard InChI is InChI=1S/C9H17NOS/c1-6(12)7(5-8(10)11)9(2,3)4/h7H,5H2,1-4H3,(H2,10,11). The smallest absolute Gasteiger partial charge is 0.218 e. The molecule has 1 atom stereocenters. The van der Waals surface area contributed by atoms with Crippen LogP contribution in [0.4, 0.5) is 0 Å². The summed E-state index contributed by atoms with van der Waals surface area (Å²) < 4.78 is 0. The number of amides is 1. The van der Waals surface area contributed by atoms with Gasteiger partial charge in [0.05, 0.1) is 0 Å². The molecule has 0 bridgehead atoms. The van der Waals surface area contributed by atoms with E-state index in [1.165, 1.54) is 0 Å². The lowest BCUT2D eigenvalue weighted by molar-refractivity contribution is -0.119. The van der Waals surface area contributed by atoms with E-state index < -0.39 is 0 Å². The van der Waals surface area contributed by atoms with Crippen LogP contribution in [0.15, 0.2) is 0 Å². The monoisotopic (exact) mass is 187 g/mol. The molecule has 0 aromatic carbocycles. The third-order valence-electron chi connectivity index (χ3n) is 1.94. The Labute approximate surface area is 79.5 Å². The lowest BCUT2D eigenvalue weighted by atomic mass is 9.77. The van der Waals surface area contributed by atoms with Gasteiger partial charge in [0.1, 0.15) is 0 Å². The summed E-state index contributed by atoms with van der Waals surface area (Å²) >= 11 is 5.08. The highest BCUT2D eigenvalue weighted by atomic mass is 32.1. The van der Waals surface area contributed by atoms with Gasteiger partial charge in [0, 0.05) is 12.3 Å². The third-order valence-corrected chi connectivity index (χ3v) is 2.23. The van der Waals surface area contributed by atoms with Gasteiger partial charge in [-0.05, 0) is 17.2 Å². The molecule has 0 radical (unpaired) electrons. The van der Waals surface area contributed by atoms with E-state index >= 15 is 0 Å². The minimum atomic E-state index is -0.279. The van der Waals surface area contributed by atoms with Crippen molar-refractivity contribution >= 4 is 23.0 Å². The number of nitrogens with two attached hydrogens (primary N) is 1. The second-order valence-corrected chi connectivity index (χ2v) is 4.84. The van der Waals surface area contributed by atoms with Crippen LogP contribution in [0, 0.1) is 11.3 Å². The van der Waals surface area contributed by atoms with Crippen molar-refractivity contribution < 1.29 is 4.79 Å². The summed E-state index contributed by atoms with van der Waals surface area (Å²) in [4.78, 5) is 11.6. The molecule has 12 heavy (non-hydrogen) atoms. The van der Waals surface area contributed by atoms with Gasteiger partial charge in [0.2, 0.25) is 5.91 Å². The molecule has 0 aromatic heterocycles. The van der Waals surface area contributed by atoms with E-state index in [1.807, 2.05) is 6.92 Å². The van der Waals surface area contributed by atoms with E-state index in [1.54, 1.807) is 0 Å². The molecule has 1 amide bonds. The van der Waals surface area contributed by atoms with Crippen LogP contribution in [0.5, 0.6) is 0 Å². The molecule has 0 aromatic rings. The second kappa shape index (κ2) is 3.99. The zero-order valence-electron chi connectivity index (χ0n) is 8.18. The van der Waals surface area contributed by atoms with Crippen molar-refractivity contribution in [3.8, 4) is 0 Å². The van der Waals surface area contributed by atoms with E-state index in [0.717, 1.165) is 4.86 Å². The fourth-order valence-corrected chi connectivity index (χ4v) is 1.70. The first-order valence-electron chi connectivity index (χ1n) is 4.04. The molecule has 1 unspecified atom stereocenters. The fraction of sp³-hybridized carbons (Fsp3) is 0.778. The van der Waals surface area contributed by atoms with E-state index in [2.05, 4.69) is 20.8 Å². The van der Waals surface area contributed by atoms with Crippen molar-refractivity contribution in [1.82, 2.24) is 0 Å². The van der Waals surface area contributed by atoms with Crippen molar-refractivity contribution in [3.05, 3.63) is 0 Å². The summed E-state index contributed by atoms with van der Waals surface area (Å²) in [5.41, 5.74) is 5.16. The minimum Gasteiger partial charge on any atom is -0.370 e. The Morgan fingerprint density at radius 2 is 1.92 bits per heavy atom. The Hall–Kier alpha value is -0.440. The molecule has 2 nitrogen and oxygen atoms in total. The maximum absolute atomic E-state index is 10.7. The molecule has 0 saturated heterocycles. The lowest BCUT2D eigenvalue weighted by Crippen LogP contribution is -2.30. The number of carbonyl (C=O) groups is 1. The van der Waals surface area contributed by atoms with Gasteiger partial charge in [0.15, 0.2) is 0 Å². The Morgan fingerprint density at radius 1 is 1.50 bits per heavy atom. The van der Waals surface area contributed by atoms with Gasteiger partial charge in [-0.3, -0.25) is 4.79 Å². The molecule has 70 valence electrons. The van der Waals surface area contributed by atoms with E-state index in [0.29, 0.717) is 6.42 Å². The molecule has 0 rings (SSSR count). The molecule has 0 saturated carbocycles. The van der Waals surface area contributed by atoms with E-state index in [-0.39, 0.29) is 17.2 Å². The van der Waals surface area contributed by atoms with Crippen LogP contribution in [0.1, 0.15) is 34.1 Å². The Kier molecular flexibility index (Phi) is 3.84. The average Bonchev–Trinajstić information content (AvgIpc) is 1.79. The first-order chi connectivity index (χ1) is 5.25. The number of rotatable bonds is 3. The maximum Gasteiger partial charge on any atom is 0.218 e. The summed E-state index contributed by atoms with van der Waals surface area (Å²) in [7, 11) is 0. The second-order valence-electron chi connectivity index (χ2n) is 4.20. The van der Waals surface area contributed by atoms with Crippen molar-refractivity contribution in [2.24, 2.45) is 17.1 Å². The van der Waals surface area contributed by atoms with Crippen LogP contribution in [0.3, 0.4) is 0 Å². The number of carbonyl (C=O) groups excluding carboxylic acids is 1. The van der Waals surface area contributed by atoms with E-state index in [4.69, 9.17) is 18.0 Å². The Morgan fingerprint density at radius 3 is 2.00 bits per heavy atom. The van der Waals surface area contributed by atoms with Crippen molar-refractivity contribution in [2.45, 2.75) is 34.1 Å². The molecule has 3 heteroatoms. The molecule has 0 fully saturated rings. The fourth-order valence-electron chi connectivity index (χ4n) is 1.26. The number of primary amides is 1. The van der Waals surface area contributed by atoms with Crippen LogP contribution >= 0.6 is 12.2 Å². The highest BCUT2D eigenvalue weighted by molar-refractivity contribution is 7.80. The largest absolute Gasteiger partial charge is 0.370 e. The Bertz CT molecular complexity index is 193. The summed E-state index contributed by atoms with van der Waals surface area (Å²) in [6, 6.07) is 0. The molecule has 0 spiro atoms. The average molecular weight is 187 g/mol. The number of hydrogen-bond acceptors (Lipinski definition) is 2. The topological polar surface area (TPSA) is 43.1 Å². The molecule has 2 N–H and O–H groups in total. The number of hydrogen-bond donors (Lipinski definition) is 1. The van der Waals surface area contributed by atoms with Crippen molar-refractivity contribution in [2.75, 3.05) is 0 Å².